The van der Waals surface area contributed by atoms with Gasteiger partial charge in [0.2, 0.25) is 0 Å². The van der Waals surface area contributed by atoms with Crippen LogP contribution in [0, 0.1) is 12.7 Å². The minimum Gasteiger partial charge on any atom is -0.207 e. The van der Waals surface area contributed by atoms with Gasteiger partial charge in [0.15, 0.2) is 0 Å². The van der Waals surface area contributed by atoms with Gasteiger partial charge in [0, 0.05) is 5.02 Å². The Morgan fingerprint density at radius 2 is 2.08 bits per heavy atom. The second-order valence-electron chi connectivity index (χ2n) is 3.39. The van der Waals surface area contributed by atoms with Crippen LogP contribution >= 0.6 is 11.6 Å². The molecule has 0 radical (unpaired) electrons. The zero-order valence-corrected chi connectivity index (χ0v) is 7.66. The molecule has 0 N–H and O–H groups in total. The Hall–Kier alpha value is -0.560. The molecule has 0 aromatic heterocycles. The van der Waals surface area contributed by atoms with E-state index in [9.17, 15) is 4.39 Å². The molecule has 1 aromatic rings. The van der Waals surface area contributed by atoms with Crippen molar-refractivity contribution >= 4 is 11.6 Å². The maximum Gasteiger partial charge on any atom is 0.128 e. The Morgan fingerprint density at radius 1 is 1.42 bits per heavy atom. The van der Waals surface area contributed by atoms with Crippen LogP contribution in [0.15, 0.2) is 12.1 Å². The lowest BCUT2D eigenvalue weighted by Crippen LogP contribution is -1.91. The highest BCUT2D eigenvalue weighted by Gasteiger charge is 2.28. The van der Waals surface area contributed by atoms with Crippen LogP contribution in [0.2, 0.25) is 5.02 Å². The van der Waals surface area contributed by atoms with Gasteiger partial charge in [-0.3, -0.25) is 0 Å². The Bertz CT molecular complexity index is 293. The normalized spacial score (nSPS) is 16.6. The molecule has 1 fully saturated rings. The van der Waals surface area contributed by atoms with Gasteiger partial charge in [0.25, 0.3) is 0 Å². The van der Waals surface area contributed by atoms with Gasteiger partial charge in [-0.15, -0.1) is 0 Å². The molecule has 0 nitrogen and oxygen atoms in total. The lowest BCUT2D eigenvalue weighted by molar-refractivity contribution is 0.609. The standard InChI is InChI=1S/C10H10ClF/c1-6-4-8(11)5-9(12)10(6)7-2-3-7/h4-5,7H,2-3H2,1H3. The van der Waals surface area contributed by atoms with Crippen LogP contribution < -0.4 is 0 Å². The van der Waals surface area contributed by atoms with Crippen LogP contribution in [0.1, 0.15) is 29.9 Å². The second kappa shape index (κ2) is 2.74. The van der Waals surface area contributed by atoms with Crippen LogP contribution in [-0.2, 0) is 0 Å². The number of benzene rings is 1. The Morgan fingerprint density at radius 3 is 2.58 bits per heavy atom. The third-order valence-electron chi connectivity index (χ3n) is 2.29. The maximum absolute atomic E-state index is 13.3. The monoisotopic (exact) mass is 184 g/mol. The second-order valence-corrected chi connectivity index (χ2v) is 3.83. The van der Waals surface area contributed by atoms with E-state index >= 15 is 0 Å². The first-order valence-corrected chi connectivity index (χ1v) is 4.52. The van der Waals surface area contributed by atoms with Crippen molar-refractivity contribution in [1.29, 1.82) is 0 Å². The van der Waals surface area contributed by atoms with E-state index in [2.05, 4.69) is 0 Å². The summed E-state index contributed by atoms with van der Waals surface area (Å²) in [5, 5.41) is 0.495. The van der Waals surface area contributed by atoms with Crippen molar-refractivity contribution in [3.05, 3.63) is 34.1 Å². The zero-order chi connectivity index (χ0) is 8.72. The van der Waals surface area contributed by atoms with E-state index < -0.39 is 0 Å². The smallest absolute Gasteiger partial charge is 0.128 e. The molecule has 12 heavy (non-hydrogen) atoms. The third-order valence-corrected chi connectivity index (χ3v) is 2.50. The molecule has 0 atom stereocenters. The topological polar surface area (TPSA) is 0 Å². The molecule has 0 spiro atoms. The van der Waals surface area contributed by atoms with Crippen LogP contribution in [0.5, 0.6) is 0 Å². The fourth-order valence-corrected chi connectivity index (χ4v) is 1.86. The van der Waals surface area contributed by atoms with E-state index in [0.717, 1.165) is 24.0 Å². The van der Waals surface area contributed by atoms with Gasteiger partial charge >= 0.3 is 0 Å². The van der Waals surface area contributed by atoms with Gasteiger partial charge in [-0.2, -0.15) is 0 Å². The first kappa shape index (κ1) is 8.06. The predicted octanol–water partition coefficient (Wildman–Crippen LogP) is 3.66. The summed E-state index contributed by atoms with van der Waals surface area (Å²) in [6, 6.07) is 3.24. The molecule has 64 valence electrons. The molecule has 0 amide bonds. The van der Waals surface area contributed by atoms with E-state index in [0.29, 0.717) is 10.9 Å². The lowest BCUT2D eigenvalue weighted by Gasteiger charge is -2.05. The van der Waals surface area contributed by atoms with Crippen LogP contribution in [-0.4, -0.2) is 0 Å². The van der Waals surface area contributed by atoms with Crippen molar-refractivity contribution in [2.24, 2.45) is 0 Å². The predicted molar refractivity (Wildman–Crippen MR) is 48.1 cm³/mol. The van der Waals surface area contributed by atoms with Crippen LogP contribution in [0.3, 0.4) is 0 Å². The molecule has 1 saturated carbocycles. The average molecular weight is 185 g/mol. The molecule has 2 heteroatoms. The van der Waals surface area contributed by atoms with E-state index in [1.807, 2.05) is 13.0 Å². The third kappa shape index (κ3) is 1.34. The van der Waals surface area contributed by atoms with Gasteiger partial charge in [0.1, 0.15) is 5.82 Å². The molecule has 0 unspecified atom stereocenters. The SMILES string of the molecule is Cc1cc(Cl)cc(F)c1C1CC1. The zero-order valence-electron chi connectivity index (χ0n) is 6.90. The van der Waals surface area contributed by atoms with Crippen LogP contribution in [0.4, 0.5) is 4.39 Å². The highest BCUT2D eigenvalue weighted by Crippen LogP contribution is 2.43. The van der Waals surface area contributed by atoms with Crippen molar-refractivity contribution in [1.82, 2.24) is 0 Å². The van der Waals surface area contributed by atoms with Gasteiger partial charge in [-0.25, -0.2) is 4.39 Å². The summed E-state index contributed by atoms with van der Waals surface area (Å²) in [4.78, 5) is 0. The van der Waals surface area contributed by atoms with Crippen molar-refractivity contribution in [3.63, 3.8) is 0 Å². The van der Waals surface area contributed by atoms with E-state index in [1.54, 1.807) is 0 Å². The molecule has 0 aliphatic heterocycles. The Labute approximate surface area is 76.4 Å². The first-order chi connectivity index (χ1) is 5.68. The molecular weight excluding hydrogens is 175 g/mol. The molecule has 1 aliphatic rings. The average Bonchev–Trinajstić information content (AvgIpc) is 2.68. The quantitative estimate of drug-likeness (QED) is 0.625. The fraction of sp³-hybridized carbons (Fsp3) is 0.400. The van der Waals surface area contributed by atoms with Crippen molar-refractivity contribution < 1.29 is 4.39 Å². The minimum absolute atomic E-state index is 0.137. The maximum atomic E-state index is 13.3. The molecule has 1 aliphatic carbocycles. The molecule has 0 heterocycles. The summed E-state index contributed by atoms with van der Waals surface area (Å²) >= 11 is 5.71. The number of hydrogen-bond donors (Lipinski definition) is 0. The van der Waals surface area contributed by atoms with Gasteiger partial charge in [-0.1, -0.05) is 11.6 Å². The largest absolute Gasteiger partial charge is 0.207 e. The van der Waals surface area contributed by atoms with Crippen molar-refractivity contribution in [2.45, 2.75) is 25.7 Å². The van der Waals surface area contributed by atoms with E-state index in [4.69, 9.17) is 11.6 Å². The lowest BCUT2D eigenvalue weighted by atomic mass is 10.0. The highest BCUT2D eigenvalue weighted by atomic mass is 35.5. The van der Waals surface area contributed by atoms with Crippen molar-refractivity contribution in [2.75, 3.05) is 0 Å². The minimum atomic E-state index is -0.137. The summed E-state index contributed by atoms with van der Waals surface area (Å²) in [5.41, 5.74) is 1.86. The molecule has 0 saturated heterocycles. The summed E-state index contributed by atoms with van der Waals surface area (Å²) in [7, 11) is 0. The molecule has 2 rings (SSSR count). The molecular formula is C10H10ClF. The summed E-state index contributed by atoms with van der Waals surface area (Å²) in [6.07, 6.45) is 2.25. The number of aryl methyl sites for hydroxylation is 1. The Balaban J connectivity index is 2.51. The molecule has 0 bridgehead atoms. The van der Waals surface area contributed by atoms with Crippen molar-refractivity contribution in [3.8, 4) is 0 Å². The van der Waals surface area contributed by atoms with Crippen LogP contribution in [0.25, 0.3) is 0 Å². The first-order valence-electron chi connectivity index (χ1n) is 4.14. The van der Waals surface area contributed by atoms with E-state index in [1.165, 1.54) is 6.07 Å². The summed E-state index contributed by atoms with van der Waals surface area (Å²) < 4.78 is 13.3. The fourth-order valence-electron chi connectivity index (χ4n) is 1.60. The number of rotatable bonds is 1. The highest BCUT2D eigenvalue weighted by molar-refractivity contribution is 6.30. The van der Waals surface area contributed by atoms with E-state index in [-0.39, 0.29) is 5.82 Å². The number of hydrogen-bond acceptors (Lipinski definition) is 0. The summed E-state index contributed by atoms with van der Waals surface area (Å²) in [6.45, 7) is 1.92. The van der Waals surface area contributed by atoms with Gasteiger partial charge in [-0.05, 0) is 48.9 Å². The Kier molecular flexibility index (Phi) is 1.84. The van der Waals surface area contributed by atoms with Gasteiger partial charge < -0.3 is 0 Å². The number of halogens is 2. The summed E-state index contributed by atoms with van der Waals surface area (Å²) in [5.74, 6) is 0.324. The van der Waals surface area contributed by atoms with Gasteiger partial charge in [0.05, 0.1) is 0 Å². The molecule has 1 aromatic carbocycles.